The zero-order chi connectivity index (χ0) is 11.0. The summed E-state index contributed by atoms with van der Waals surface area (Å²) in [5, 5.41) is 1.07. The molecule has 1 saturated heterocycles. The molecular formula is C11H8Cl2O2. The van der Waals surface area contributed by atoms with Gasteiger partial charge in [0.1, 0.15) is 6.10 Å². The summed E-state index contributed by atoms with van der Waals surface area (Å²) in [6.07, 6.45) is 0.162. The summed E-state index contributed by atoms with van der Waals surface area (Å²) in [5.41, 5.74) is 1.25. The summed E-state index contributed by atoms with van der Waals surface area (Å²) in [6, 6.07) is 5.12. The van der Waals surface area contributed by atoms with Crippen molar-refractivity contribution in [1.82, 2.24) is 0 Å². The van der Waals surface area contributed by atoms with Gasteiger partial charge in [0.15, 0.2) is 0 Å². The maximum absolute atomic E-state index is 11.1. The summed E-state index contributed by atoms with van der Waals surface area (Å²) in [6.45, 7) is 3.61. The predicted molar refractivity (Wildman–Crippen MR) is 59.1 cm³/mol. The van der Waals surface area contributed by atoms with Gasteiger partial charge in [-0.1, -0.05) is 35.8 Å². The Morgan fingerprint density at radius 1 is 1.40 bits per heavy atom. The number of carbonyl (C=O) groups excluding carboxylic acids is 1. The molecule has 1 unspecified atom stereocenters. The Hall–Kier alpha value is -0.990. The van der Waals surface area contributed by atoms with Crippen LogP contribution in [0.4, 0.5) is 0 Å². The van der Waals surface area contributed by atoms with E-state index in [0.717, 1.165) is 5.56 Å². The van der Waals surface area contributed by atoms with E-state index in [-0.39, 0.29) is 12.1 Å². The molecule has 1 heterocycles. The predicted octanol–water partition coefficient (Wildman–Crippen LogP) is 3.54. The third-order valence-corrected chi connectivity index (χ3v) is 2.84. The average molecular weight is 243 g/mol. The highest BCUT2D eigenvalue weighted by atomic mass is 35.5. The van der Waals surface area contributed by atoms with E-state index in [9.17, 15) is 4.79 Å². The molecule has 0 amide bonds. The highest BCUT2D eigenvalue weighted by Crippen LogP contribution is 2.36. The van der Waals surface area contributed by atoms with Crippen LogP contribution in [0.15, 0.2) is 30.4 Å². The molecule has 1 aromatic carbocycles. The van der Waals surface area contributed by atoms with Gasteiger partial charge in [-0.05, 0) is 12.1 Å². The Morgan fingerprint density at radius 2 is 2.13 bits per heavy atom. The Bertz CT molecular complexity index is 424. The lowest BCUT2D eigenvalue weighted by atomic mass is 10.1. The van der Waals surface area contributed by atoms with Crippen LogP contribution in [0.1, 0.15) is 18.1 Å². The Balaban J connectivity index is 2.31. The van der Waals surface area contributed by atoms with Crippen LogP contribution in [-0.2, 0) is 9.53 Å². The van der Waals surface area contributed by atoms with Crippen molar-refractivity contribution in [2.45, 2.75) is 12.5 Å². The van der Waals surface area contributed by atoms with Crippen LogP contribution < -0.4 is 0 Å². The lowest BCUT2D eigenvalue weighted by Crippen LogP contribution is -1.99. The number of carbonyl (C=O) groups is 1. The van der Waals surface area contributed by atoms with Crippen molar-refractivity contribution in [2.75, 3.05) is 0 Å². The van der Waals surface area contributed by atoms with Crippen molar-refractivity contribution < 1.29 is 9.53 Å². The Kier molecular flexibility index (Phi) is 2.72. The van der Waals surface area contributed by atoms with Crippen molar-refractivity contribution in [3.8, 4) is 0 Å². The third-order valence-electron chi connectivity index (χ3n) is 2.28. The molecule has 1 atom stereocenters. The molecule has 0 saturated carbocycles. The fourth-order valence-corrected chi connectivity index (χ4v) is 2.03. The Labute approximate surface area is 97.4 Å². The first-order valence-corrected chi connectivity index (χ1v) is 5.17. The van der Waals surface area contributed by atoms with Crippen LogP contribution in [0.2, 0.25) is 10.0 Å². The maximum Gasteiger partial charge on any atom is 0.334 e. The number of rotatable bonds is 1. The number of ether oxygens (including phenoxy) is 1. The molecule has 0 aliphatic carbocycles. The summed E-state index contributed by atoms with van der Waals surface area (Å²) >= 11 is 11.8. The first kappa shape index (κ1) is 10.5. The van der Waals surface area contributed by atoms with Gasteiger partial charge in [0.2, 0.25) is 0 Å². The van der Waals surface area contributed by atoms with Crippen LogP contribution in [0.25, 0.3) is 0 Å². The molecule has 0 radical (unpaired) electrons. The molecule has 2 nitrogen and oxygen atoms in total. The molecular weight excluding hydrogens is 235 g/mol. The van der Waals surface area contributed by atoms with E-state index in [1.165, 1.54) is 0 Å². The second-order valence-corrected chi connectivity index (χ2v) is 4.21. The standard InChI is InChI=1S/C11H8Cl2O2/c1-6-4-10(15-11(6)14)8-3-2-7(12)5-9(8)13/h2-3,5,10H,1,4H2. The first-order chi connectivity index (χ1) is 7.08. The quantitative estimate of drug-likeness (QED) is 0.557. The molecule has 15 heavy (non-hydrogen) atoms. The number of hydrogen-bond donors (Lipinski definition) is 0. The van der Waals surface area contributed by atoms with Crippen molar-refractivity contribution in [3.63, 3.8) is 0 Å². The van der Waals surface area contributed by atoms with E-state index in [1.54, 1.807) is 18.2 Å². The third kappa shape index (κ3) is 2.01. The highest BCUT2D eigenvalue weighted by Gasteiger charge is 2.29. The van der Waals surface area contributed by atoms with Gasteiger partial charge in [0, 0.05) is 27.6 Å². The fourth-order valence-electron chi connectivity index (χ4n) is 1.50. The topological polar surface area (TPSA) is 26.3 Å². The number of halogens is 2. The normalized spacial score (nSPS) is 20.5. The minimum Gasteiger partial charge on any atom is -0.454 e. The zero-order valence-electron chi connectivity index (χ0n) is 7.80. The summed E-state index contributed by atoms with van der Waals surface area (Å²) in [7, 11) is 0. The SMILES string of the molecule is C=C1CC(c2ccc(Cl)cc2Cl)OC1=O. The summed E-state index contributed by atoms with van der Waals surface area (Å²) < 4.78 is 5.11. The molecule has 1 aliphatic rings. The van der Waals surface area contributed by atoms with Gasteiger partial charge in [-0.25, -0.2) is 4.79 Å². The van der Waals surface area contributed by atoms with Crippen molar-refractivity contribution in [1.29, 1.82) is 0 Å². The van der Waals surface area contributed by atoms with Gasteiger partial charge in [0.05, 0.1) is 0 Å². The van der Waals surface area contributed by atoms with Gasteiger partial charge in [0.25, 0.3) is 0 Å². The van der Waals surface area contributed by atoms with Crippen molar-refractivity contribution in [3.05, 3.63) is 46.0 Å². The summed E-state index contributed by atoms with van der Waals surface area (Å²) in [4.78, 5) is 11.1. The zero-order valence-corrected chi connectivity index (χ0v) is 9.31. The molecule has 1 fully saturated rings. The van der Waals surface area contributed by atoms with E-state index >= 15 is 0 Å². The van der Waals surface area contributed by atoms with Gasteiger partial charge in [-0.15, -0.1) is 0 Å². The second-order valence-electron chi connectivity index (χ2n) is 3.37. The van der Waals surface area contributed by atoms with Gasteiger partial charge in [-0.3, -0.25) is 0 Å². The van der Waals surface area contributed by atoms with Crippen LogP contribution in [0.5, 0.6) is 0 Å². The monoisotopic (exact) mass is 242 g/mol. The van der Waals surface area contributed by atoms with Gasteiger partial charge in [-0.2, -0.15) is 0 Å². The van der Waals surface area contributed by atoms with Crippen LogP contribution >= 0.6 is 23.2 Å². The van der Waals surface area contributed by atoms with Crippen LogP contribution in [0.3, 0.4) is 0 Å². The van der Waals surface area contributed by atoms with Gasteiger partial charge < -0.3 is 4.74 Å². The molecule has 1 aromatic rings. The number of esters is 1. The molecule has 0 bridgehead atoms. The lowest BCUT2D eigenvalue weighted by Gasteiger charge is -2.10. The number of cyclic esters (lactones) is 1. The number of hydrogen-bond acceptors (Lipinski definition) is 2. The van der Waals surface area contributed by atoms with E-state index in [0.29, 0.717) is 22.0 Å². The lowest BCUT2D eigenvalue weighted by molar-refractivity contribution is -0.139. The molecule has 78 valence electrons. The van der Waals surface area contributed by atoms with Crippen molar-refractivity contribution >= 4 is 29.2 Å². The number of benzene rings is 1. The van der Waals surface area contributed by atoms with Crippen LogP contribution in [0, 0.1) is 0 Å². The van der Waals surface area contributed by atoms with E-state index in [2.05, 4.69) is 6.58 Å². The molecule has 2 rings (SSSR count). The first-order valence-electron chi connectivity index (χ1n) is 4.41. The van der Waals surface area contributed by atoms with E-state index in [4.69, 9.17) is 27.9 Å². The molecule has 4 heteroatoms. The average Bonchev–Trinajstić information content (AvgIpc) is 2.46. The minimum absolute atomic E-state index is 0.324. The largest absolute Gasteiger partial charge is 0.454 e. The van der Waals surface area contributed by atoms with Crippen LogP contribution in [-0.4, -0.2) is 5.97 Å². The van der Waals surface area contributed by atoms with E-state index < -0.39 is 0 Å². The highest BCUT2D eigenvalue weighted by molar-refractivity contribution is 6.35. The smallest absolute Gasteiger partial charge is 0.334 e. The molecule has 0 spiro atoms. The van der Waals surface area contributed by atoms with Gasteiger partial charge >= 0.3 is 5.97 Å². The van der Waals surface area contributed by atoms with Crippen molar-refractivity contribution in [2.24, 2.45) is 0 Å². The molecule has 0 N–H and O–H groups in total. The van der Waals surface area contributed by atoms with E-state index in [1.807, 2.05) is 0 Å². The minimum atomic E-state index is -0.356. The Morgan fingerprint density at radius 3 is 2.67 bits per heavy atom. The molecule has 0 aromatic heterocycles. The molecule has 1 aliphatic heterocycles. The second kappa shape index (κ2) is 3.87. The summed E-state index contributed by atoms with van der Waals surface area (Å²) in [5.74, 6) is -0.356. The fraction of sp³-hybridized carbons (Fsp3) is 0.182. The maximum atomic E-state index is 11.1.